The van der Waals surface area contributed by atoms with Gasteiger partial charge in [-0.15, -0.1) is 0 Å². The van der Waals surface area contributed by atoms with Crippen LogP contribution in [0.3, 0.4) is 0 Å². The molecule has 20 heavy (non-hydrogen) atoms. The van der Waals surface area contributed by atoms with Crippen LogP contribution in [-0.2, 0) is 6.54 Å². The minimum absolute atomic E-state index is 0.847. The van der Waals surface area contributed by atoms with E-state index < -0.39 is 0 Å². The van der Waals surface area contributed by atoms with Crippen molar-refractivity contribution < 1.29 is 0 Å². The molecular formula is C16H24N4. The van der Waals surface area contributed by atoms with Crippen LogP contribution in [0.5, 0.6) is 0 Å². The van der Waals surface area contributed by atoms with Crippen molar-refractivity contribution in [3.05, 3.63) is 30.1 Å². The van der Waals surface area contributed by atoms with Crippen molar-refractivity contribution in [1.82, 2.24) is 20.2 Å². The van der Waals surface area contributed by atoms with E-state index in [-0.39, 0.29) is 0 Å². The molecule has 0 aliphatic carbocycles. The van der Waals surface area contributed by atoms with Crippen LogP contribution in [-0.4, -0.2) is 41.0 Å². The monoisotopic (exact) mass is 272 g/mol. The molecule has 0 atom stereocenters. The lowest BCUT2D eigenvalue weighted by Crippen LogP contribution is -2.35. The van der Waals surface area contributed by atoms with Gasteiger partial charge < -0.3 is 10.3 Å². The molecule has 1 fully saturated rings. The Balaban J connectivity index is 1.67. The second-order valence-electron chi connectivity index (χ2n) is 5.73. The molecule has 2 aromatic heterocycles. The quantitative estimate of drug-likeness (QED) is 0.878. The van der Waals surface area contributed by atoms with Gasteiger partial charge in [-0.1, -0.05) is 6.92 Å². The molecule has 0 saturated carbocycles. The van der Waals surface area contributed by atoms with Gasteiger partial charge in [0.05, 0.1) is 0 Å². The standard InChI is InChI=1S/C16H24N4/c1-2-20(11-13-5-8-17-9-6-13)12-14-10-19-16-15(14)4-3-7-18-16/h3-4,7,10,13,17H,2,5-6,8-9,11-12H2,1H3,(H,18,19). The number of hydrogen-bond acceptors (Lipinski definition) is 3. The van der Waals surface area contributed by atoms with E-state index in [1.807, 2.05) is 12.3 Å². The Labute approximate surface area is 120 Å². The van der Waals surface area contributed by atoms with E-state index in [9.17, 15) is 0 Å². The maximum atomic E-state index is 4.37. The lowest BCUT2D eigenvalue weighted by atomic mass is 9.97. The zero-order valence-electron chi connectivity index (χ0n) is 12.2. The third kappa shape index (κ3) is 3.02. The van der Waals surface area contributed by atoms with Crippen molar-refractivity contribution >= 4 is 11.0 Å². The highest BCUT2D eigenvalue weighted by Gasteiger charge is 2.17. The molecule has 0 amide bonds. The van der Waals surface area contributed by atoms with Crippen molar-refractivity contribution in [2.24, 2.45) is 5.92 Å². The molecule has 0 aromatic carbocycles. The second kappa shape index (κ2) is 6.37. The van der Waals surface area contributed by atoms with Crippen molar-refractivity contribution in [2.45, 2.75) is 26.3 Å². The van der Waals surface area contributed by atoms with Crippen LogP contribution >= 0.6 is 0 Å². The number of rotatable bonds is 5. The number of aromatic amines is 1. The summed E-state index contributed by atoms with van der Waals surface area (Å²) in [5.74, 6) is 0.847. The lowest BCUT2D eigenvalue weighted by molar-refractivity contribution is 0.207. The fourth-order valence-corrected chi connectivity index (χ4v) is 3.12. The lowest BCUT2D eigenvalue weighted by Gasteiger charge is -2.29. The summed E-state index contributed by atoms with van der Waals surface area (Å²) < 4.78 is 0. The Hall–Kier alpha value is -1.39. The van der Waals surface area contributed by atoms with Gasteiger partial charge in [0.25, 0.3) is 0 Å². The van der Waals surface area contributed by atoms with E-state index in [4.69, 9.17) is 0 Å². The fourth-order valence-electron chi connectivity index (χ4n) is 3.12. The molecular weight excluding hydrogens is 248 g/mol. The summed E-state index contributed by atoms with van der Waals surface area (Å²) in [5.41, 5.74) is 2.37. The Kier molecular flexibility index (Phi) is 4.33. The first-order valence-electron chi connectivity index (χ1n) is 7.71. The first-order chi connectivity index (χ1) is 9.86. The van der Waals surface area contributed by atoms with E-state index >= 15 is 0 Å². The highest BCUT2D eigenvalue weighted by atomic mass is 15.1. The fraction of sp³-hybridized carbons (Fsp3) is 0.562. The predicted molar refractivity (Wildman–Crippen MR) is 82.6 cm³/mol. The molecule has 4 heteroatoms. The third-order valence-corrected chi connectivity index (χ3v) is 4.35. The molecule has 1 aliphatic heterocycles. The molecule has 1 saturated heterocycles. The summed E-state index contributed by atoms with van der Waals surface area (Å²) in [4.78, 5) is 10.2. The Bertz CT molecular complexity index is 542. The van der Waals surface area contributed by atoms with Gasteiger partial charge in [-0.2, -0.15) is 0 Å². The van der Waals surface area contributed by atoms with Crippen LogP contribution in [0, 0.1) is 5.92 Å². The maximum absolute atomic E-state index is 4.37. The van der Waals surface area contributed by atoms with Crippen LogP contribution in [0.1, 0.15) is 25.3 Å². The SMILES string of the molecule is CCN(Cc1c[nH]c2ncccc12)CC1CCNCC1. The average Bonchev–Trinajstić information content (AvgIpc) is 2.91. The largest absolute Gasteiger partial charge is 0.346 e. The molecule has 2 aromatic rings. The van der Waals surface area contributed by atoms with Crippen molar-refractivity contribution in [3.63, 3.8) is 0 Å². The van der Waals surface area contributed by atoms with Crippen LogP contribution in [0.25, 0.3) is 11.0 Å². The van der Waals surface area contributed by atoms with Gasteiger partial charge >= 0.3 is 0 Å². The van der Waals surface area contributed by atoms with E-state index in [1.165, 1.54) is 43.4 Å². The molecule has 4 nitrogen and oxygen atoms in total. The number of hydrogen-bond donors (Lipinski definition) is 2. The Morgan fingerprint density at radius 2 is 2.20 bits per heavy atom. The van der Waals surface area contributed by atoms with Gasteiger partial charge in [0.15, 0.2) is 0 Å². The Morgan fingerprint density at radius 1 is 1.35 bits per heavy atom. The Morgan fingerprint density at radius 3 is 3.00 bits per heavy atom. The molecule has 0 spiro atoms. The van der Waals surface area contributed by atoms with Crippen LogP contribution < -0.4 is 5.32 Å². The number of nitrogens with one attached hydrogen (secondary N) is 2. The van der Waals surface area contributed by atoms with Crippen molar-refractivity contribution in [2.75, 3.05) is 26.2 Å². The molecule has 3 rings (SSSR count). The smallest absolute Gasteiger partial charge is 0.137 e. The predicted octanol–water partition coefficient (Wildman–Crippen LogP) is 2.38. The first kappa shape index (κ1) is 13.6. The summed E-state index contributed by atoms with van der Waals surface area (Å²) in [7, 11) is 0. The van der Waals surface area contributed by atoms with E-state index in [1.54, 1.807) is 0 Å². The molecule has 1 aliphatic rings. The van der Waals surface area contributed by atoms with Crippen molar-refractivity contribution in [3.8, 4) is 0 Å². The van der Waals surface area contributed by atoms with E-state index in [0.29, 0.717) is 0 Å². The first-order valence-corrected chi connectivity index (χ1v) is 7.71. The number of fused-ring (bicyclic) bond motifs is 1. The second-order valence-corrected chi connectivity index (χ2v) is 5.73. The average molecular weight is 272 g/mol. The normalized spacial score (nSPS) is 17.1. The van der Waals surface area contributed by atoms with E-state index in [2.05, 4.69) is 39.4 Å². The zero-order valence-corrected chi connectivity index (χ0v) is 12.2. The highest BCUT2D eigenvalue weighted by Crippen LogP contribution is 2.19. The molecule has 0 radical (unpaired) electrons. The zero-order chi connectivity index (χ0) is 13.8. The molecule has 2 N–H and O–H groups in total. The van der Waals surface area contributed by atoms with Gasteiger partial charge in [0.1, 0.15) is 5.65 Å². The maximum Gasteiger partial charge on any atom is 0.137 e. The highest BCUT2D eigenvalue weighted by molar-refractivity contribution is 5.79. The van der Waals surface area contributed by atoms with Gasteiger partial charge in [0, 0.05) is 30.9 Å². The van der Waals surface area contributed by atoms with Crippen LogP contribution in [0.2, 0.25) is 0 Å². The summed E-state index contributed by atoms with van der Waals surface area (Å²) in [6, 6.07) is 4.18. The minimum Gasteiger partial charge on any atom is -0.346 e. The molecule has 3 heterocycles. The number of pyridine rings is 1. The van der Waals surface area contributed by atoms with Gasteiger partial charge in [-0.25, -0.2) is 4.98 Å². The minimum atomic E-state index is 0.847. The van der Waals surface area contributed by atoms with Gasteiger partial charge in [-0.05, 0) is 56.1 Å². The number of aromatic nitrogens is 2. The summed E-state index contributed by atoms with van der Waals surface area (Å²) in [5, 5.41) is 4.70. The summed E-state index contributed by atoms with van der Waals surface area (Å²) in [6.07, 6.45) is 6.58. The van der Waals surface area contributed by atoms with Crippen LogP contribution in [0.4, 0.5) is 0 Å². The number of nitrogens with zero attached hydrogens (tertiary/aromatic N) is 2. The molecule has 0 bridgehead atoms. The summed E-state index contributed by atoms with van der Waals surface area (Å²) in [6.45, 7) is 7.96. The topological polar surface area (TPSA) is 44.0 Å². The summed E-state index contributed by atoms with van der Waals surface area (Å²) >= 11 is 0. The van der Waals surface area contributed by atoms with Gasteiger partial charge in [0.2, 0.25) is 0 Å². The molecule has 0 unspecified atom stereocenters. The number of H-pyrrole nitrogens is 1. The van der Waals surface area contributed by atoms with E-state index in [0.717, 1.165) is 24.7 Å². The van der Waals surface area contributed by atoms with Crippen LogP contribution in [0.15, 0.2) is 24.5 Å². The molecule has 108 valence electrons. The van der Waals surface area contributed by atoms with Gasteiger partial charge in [-0.3, -0.25) is 4.90 Å². The number of piperidine rings is 1. The third-order valence-electron chi connectivity index (χ3n) is 4.35. The van der Waals surface area contributed by atoms with Crippen molar-refractivity contribution in [1.29, 1.82) is 0 Å².